The number of furan rings is 1. The van der Waals surface area contributed by atoms with Crippen molar-refractivity contribution < 1.29 is 9.21 Å². The monoisotopic (exact) mass is 260 g/mol. The Balaban J connectivity index is 2.13. The number of hydrogen-bond acceptors (Lipinski definition) is 3. The summed E-state index contributed by atoms with van der Waals surface area (Å²) in [7, 11) is 0. The number of hydrogen-bond donors (Lipinski definition) is 2. The molecule has 0 atom stereocenters. The predicted octanol–water partition coefficient (Wildman–Crippen LogP) is 2.06. The average molecular weight is 260 g/mol. The number of amides is 1. The molecule has 0 bridgehead atoms. The van der Waals surface area contributed by atoms with E-state index in [1.165, 1.54) is 5.56 Å². The van der Waals surface area contributed by atoms with Gasteiger partial charge in [-0.2, -0.15) is 0 Å². The summed E-state index contributed by atoms with van der Waals surface area (Å²) in [5.41, 5.74) is 9.53. The van der Waals surface area contributed by atoms with Gasteiger partial charge in [0.05, 0.1) is 12.7 Å². The first-order chi connectivity index (χ1) is 9.13. The molecule has 1 heterocycles. The molecule has 2 rings (SSSR count). The fourth-order valence-electron chi connectivity index (χ4n) is 2.09. The van der Waals surface area contributed by atoms with E-state index in [1.54, 1.807) is 6.26 Å². The van der Waals surface area contributed by atoms with Crippen LogP contribution in [0.5, 0.6) is 0 Å². The van der Waals surface area contributed by atoms with Crippen molar-refractivity contribution in [3.63, 3.8) is 0 Å². The van der Waals surface area contributed by atoms with Crippen molar-refractivity contribution >= 4 is 16.9 Å². The third kappa shape index (κ3) is 2.96. The molecule has 1 aromatic carbocycles. The van der Waals surface area contributed by atoms with Crippen molar-refractivity contribution in [1.29, 1.82) is 0 Å². The summed E-state index contributed by atoms with van der Waals surface area (Å²) in [5.74, 6) is 0.00868. The third-order valence-corrected chi connectivity index (χ3v) is 3.40. The van der Waals surface area contributed by atoms with Crippen LogP contribution in [-0.4, -0.2) is 19.0 Å². The normalized spacial score (nSPS) is 10.9. The second-order valence-corrected chi connectivity index (χ2v) is 4.81. The van der Waals surface area contributed by atoms with Crippen LogP contribution in [0.4, 0.5) is 0 Å². The molecule has 0 aliphatic carbocycles. The van der Waals surface area contributed by atoms with Crippen LogP contribution in [0.1, 0.15) is 23.1 Å². The fourth-order valence-corrected chi connectivity index (χ4v) is 2.09. The largest absolute Gasteiger partial charge is 0.464 e. The van der Waals surface area contributed by atoms with E-state index in [-0.39, 0.29) is 5.91 Å². The number of carbonyl (C=O) groups excluding carboxylic acids is 1. The maximum absolute atomic E-state index is 11.8. The zero-order valence-corrected chi connectivity index (χ0v) is 11.5. The van der Waals surface area contributed by atoms with E-state index in [0.29, 0.717) is 19.5 Å². The first-order valence-electron chi connectivity index (χ1n) is 6.56. The van der Waals surface area contributed by atoms with Gasteiger partial charge in [-0.15, -0.1) is 0 Å². The van der Waals surface area contributed by atoms with Gasteiger partial charge in [0.15, 0.2) is 0 Å². The third-order valence-electron chi connectivity index (χ3n) is 3.40. The van der Waals surface area contributed by atoms with Gasteiger partial charge in [0.25, 0.3) is 0 Å². The molecule has 0 unspecified atom stereocenters. The van der Waals surface area contributed by atoms with Gasteiger partial charge in [-0.3, -0.25) is 4.79 Å². The van der Waals surface area contributed by atoms with Gasteiger partial charge >= 0.3 is 0 Å². The molecule has 0 aliphatic rings. The van der Waals surface area contributed by atoms with Gasteiger partial charge in [0.1, 0.15) is 5.58 Å². The number of carbonyl (C=O) groups is 1. The van der Waals surface area contributed by atoms with Crippen LogP contribution in [-0.2, 0) is 11.2 Å². The highest BCUT2D eigenvalue weighted by Crippen LogP contribution is 2.26. The summed E-state index contributed by atoms with van der Waals surface area (Å²) >= 11 is 0. The molecular formula is C15H20N2O2. The molecule has 0 spiro atoms. The van der Waals surface area contributed by atoms with E-state index in [0.717, 1.165) is 28.5 Å². The molecule has 0 saturated heterocycles. The topological polar surface area (TPSA) is 68.3 Å². The molecular weight excluding hydrogens is 240 g/mol. The first kappa shape index (κ1) is 13.6. The molecule has 19 heavy (non-hydrogen) atoms. The van der Waals surface area contributed by atoms with Crippen molar-refractivity contribution in [2.45, 2.75) is 26.7 Å². The Morgan fingerprint density at radius 1 is 1.37 bits per heavy atom. The highest BCUT2D eigenvalue weighted by Gasteiger charge is 2.12. The van der Waals surface area contributed by atoms with Crippen molar-refractivity contribution in [2.24, 2.45) is 5.73 Å². The Hall–Kier alpha value is -1.81. The standard InChI is InChI=1S/C15H20N2O2/c1-10-4-5-13-12(9-19-15(13)11(10)2)8-14(18)17-7-3-6-16/h4-5,9H,3,6-8,16H2,1-2H3,(H,17,18). The lowest BCUT2D eigenvalue weighted by Gasteiger charge is -2.03. The van der Waals surface area contributed by atoms with Gasteiger partial charge < -0.3 is 15.5 Å². The average Bonchev–Trinajstić information content (AvgIpc) is 2.78. The summed E-state index contributed by atoms with van der Waals surface area (Å²) < 4.78 is 5.59. The minimum atomic E-state index is 0.00868. The summed E-state index contributed by atoms with van der Waals surface area (Å²) in [6.45, 7) is 5.30. The van der Waals surface area contributed by atoms with Gasteiger partial charge in [-0.25, -0.2) is 0 Å². The molecule has 3 N–H and O–H groups in total. The second-order valence-electron chi connectivity index (χ2n) is 4.81. The number of nitrogens with one attached hydrogen (secondary N) is 1. The minimum absolute atomic E-state index is 0.00868. The zero-order valence-electron chi connectivity index (χ0n) is 11.5. The summed E-state index contributed by atoms with van der Waals surface area (Å²) in [6, 6.07) is 4.08. The highest BCUT2D eigenvalue weighted by atomic mass is 16.3. The Kier molecular flexibility index (Phi) is 4.22. The van der Waals surface area contributed by atoms with E-state index in [2.05, 4.69) is 18.3 Å². The molecule has 102 valence electrons. The highest BCUT2D eigenvalue weighted by molar-refractivity contribution is 5.89. The zero-order chi connectivity index (χ0) is 13.8. The van der Waals surface area contributed by atoms with Crippen molar-refractivity contribution in [2.75, 3.05) is 13.1 Å². The van der Waals surface area contributed by atoms with E-state index < -0.39 is 0 Å². The van der Waals surface area contributed by atoms with E-state index in [1.807, 2.05) is 13.0 Å². The van der Waals surface area contributed by atoms with Crippen LogP contribution in [0, 0.1) is 13.8 Å². The lowest BCUT2D eigenvalue weighted by molar-refractivity contribution is -0.120. The smallest absolute Gasteiger partial charge is 0.224 e. The quantitative estimate of drug-likeness (QED) is 0.808. The van der Waals surface area contributed by atoms with Crippen LogP contribution in [0.25, 0.3) is 11.0 Å². The second kappa shape index (κ2) is 5.89. The Morgan fingerprint density at radius 3 is 2.89 bits per heavy atom. The van der Waals surface area contributed by atoms with Crippen LogP contribution >= 0.6 is 0 Å². The predicted molar refractivity (Wildman–Crippen MR) is 76.1 cm³/mol. The SMILES string of the molecule is Cc1ccc2c(CC(=O)NCCCN)coc2c1C. The molecule has 0 radical (unpaired) electrons. The van der Waals surface area contributed by atoms with Crippen molar-refractivity contribution in [3.05, 3.63) is 35.1 Å². The minimum Gasteiger partial charge on any atom is -0.464 e. The summed E-state index contributed by atoms with van der Waals surface area (Å²) in [6.07, 6.45) is 2.83. The maximum atomic E-state index is 11.8. The number of rotatable bonds is 5. The van der Waals surface area contributed by atoms with E-state index in [9.17, 15) is 4.79 Å². The van der Waals surface area contributed by atoms with Crippen LogP contribution in [0.3, 0.4) is 0 Å². The first-order valence-corrected chi connectivity index (χ1v) is 6.56. The van der Waals surface area contributed by atoms with Gasteiger partial charge in [-0.05, 0) is 37.9 Å². The number of fused-ring (bicyclic) bond motifs is 1. The fraction of sp³-hybridized carbons (Fsp3) is 0.400. The molecule has 0 aliphatic heterocycles. The van der Waals surface area contributed by atoms with Crippen LogP contribution in [0.2, 0.25) is 0 Å². The summed E-state index contributed by atoms with van der Waals surface area (Å²) in [5, 5.41) is 3.88. The van der Waals surface area contributed by atoms with Gasteiger partial charge in [0, 0.05) is 17.5 Å². The van der Waals surface area contributed by atoms with Crippen LogP contribution in [0.15, 0.2) is 22.8 Å². The molecule has 1 amide bonds. The Bertz CT molecular complexity index is 587. The summed E-state index contributed by atoms with van der Waals surface area (Å²) in [4.78, 5) is 11.8. The number of nitrogens with two attached hydrogens (primary N) is 1. The molecule has 0 fully saturated rings. The lowest BCUT2D eigenvalue weighted by atomic mass is 10.0. The Labute approximate surface area is 113 Å². The van der Waals surface area contributed by atoms with Crippen LogP contribution < -0.4 is 11.1 Å². The molecule has 2 aromatic rings. The van der Waals surface area contributed by atoms with Crippen molar-refractivity contribution in [1.82, 2.24) is 5.32 Å². The number of benzene rings is 1. The molecule has 4 nitrogen and oxygen atoms in total. The number of aryl methyl sites for hydroxylation is 2. The van der Waals surface area contributed by atoms with E-state index in [4.69, 9.17) is 10.2 Å². The molecule has 1 aromatic heterocycles. The lowest BCUT2D eigenvalue weighted by Crippen LogP contribution is -2.27. The van der Waals surface area contributed by atoms with Gasteiger partial charge in [0.2, 0.25) is 5.91 Å². The van der Waals surface area contributed by atoms with Gasteiger partial charge in [-0.1, -0.05) is 12.1 Å². The van der Waals surface area contributed by atoms with E-state index >= 15 is 0 Å². The molecule has 4 heteroatoms. The molecule has 0 saturated carbocycles. The Morgan fingerprint density at radius 2 is 2.16 bits per heavy atom. The maximum Gasteiger partial charge on any atom is 0.224 e. The van der Waals surface area contributed by atoms with Crippen molar-refractivity contribution in [3.8, 4) is 0 Å².